The monoisotopic (exact) mass is 528 g/mol. The summed E-state index contributed by atoms with van der Waals surface area (Å²) in [4.78, 5) is 36.9. The predicted molar refractivity (Wildman–Crippen MR) is 152 cm³/mol. The molecule has 2 heterocycles. The van der Waals surface area contributed by atoms with E-state index in [2.05, 4.69) is 25.9 Å². The van der Waals surface area contributed by atoms with E-state index in [0.29, 0.717) is 30.8 Å². The van der Waals surface area contributed by atoms with Crippen molar-refractivity contribution in [2.45, 2.75) is 19.0 Å². The van der Waals surface area contributed by atoms with Gasteiger partial charge in [0.15, 0.2) is 0 Å². The molecule has 0 saturated heterocycles. The van der Waals surface area contributed by atoms with Crippen LogP contribution in [0.5, 0.6) is 0 Å². The third-order valence-electron chi connectivity index (χ3n) is 5.93. The van der Waals surface area contributed by atoms with Gasteiger partial charge in [-0.3, -0.25) is 19.9 Å². The van der Waals surface area contributed by atoms with Crippen molar-refractivity contribution in [3.05, 3.63) is 101 Å². The molecule has 2 aromatic carbocycles. The second-order valence-electron chi connectivity index (χ2n) is 9.19. The first-order valence-corrected chi connectivity index (χ1v) is 13.4. The zero-order valence-electron chi connectivity index (χ0n) is 21.6. The van der Waals surface area contributed by atoms with Gasteiger partial charge in [0.1, 0.15) is 0 Å². The second kappa shape index (κ2) is 13.6. The number of nitrogens with zero attached hydrogens (tertiary/aromatic N) is 3. The van der Waals surface area contributed by atoms with Gasteiger partial charge in [0.05, 0.1) is 17.2 Å². The summed E-state index contributed by atoms with van der Waals surface area (Å²) in [5.74, 6) is -0.379. The first-order chi connectivity index (χ1) is 18.5. The Labute approximate surface area is 227 Å². The molecule has 0 fully saturated rings. The smallest absolute Gasteiger partial charge is 0.251 e. The molecule has 0 aliphatic rings. The summed E-state index contributed by atoms with van der Waals surface area (Å²) in [6.07, 6.45) is 3.92. The van der Waals surface area contributed by atoms with Gasteiger partial charge in [0.25, 0.3) is 5.91 Å². The molecule has 8 nitrogen and oxygen atoms in total. The van der Waals surface area contributed by atoms with Crippen LogP contribution in [0.3, 0.4) is 0 Å². The molecule has 0 aliphatic heterocycles. The van der Waals surface area contributed by atoms with E-state index in [9.17, 15) is 9.59 Å². The molecule has 0 spiro atoms. The zero-order chi connectivity index (χ0) is 26.7. The van der Waals surface area contributed by atoms with Gasteiger partial charge in [-0.1, -0.05) is 30.3 Å². The molecule has 38 heavy (non-hydrogen) atoms. The number of carbonyl (C=O) groups excluding carboxylic acids is 2. The van der Waals surface area contributed by atoms with E-state index in [-0.39, 0.29) is 11.8 Å². The molecular weight excluding hydrogens is 496 g/mol. The minimum absolute atomic E-state index is 0.185. The van der Waals surface area contributed by atoms with Crippen molar-refractivity contribution in [2.75, 3.05) is 32.5 Å². The van der Waals surface area contributed by atoms with E-state index < -0.39 is 6.04 Å². The number of pyridine rings is 1. The lowest BCUT2D eigenvalue weighted by Crippen LogP contribution is -2.42. The number of anilines is 1. The molecule has 1 atom stereocenters. The van der Waals surface area contributed by atoms with Crippen molar-refractivity contribution in [1.29, 1.82) is 0 Å². The summed E-state index contributed by atoms with van der Waals surface area (Å²) in [5.41, 5.74) is 6.46. The number of benzene rings is 2. The van der Waals surface area contributed by atoms with Gasteiger partial charge in [0.2, 0.25) is 5.91 Å². The van der Waals surface area contributed by atoms with Gasteiger partial charge in [-0.15, -0.1) is 11.3 Å². The average Bonchev–Trinajstić information content (AvgIpc) is 3.45. The Morgan fingerprint density at radius 2 is 1.79 bits per heavy atom. The number of hydrogen-bond acceptors (Lipinski definition) is 7. The standard InChI is InChI=1S/C29H32N6O2S/c1-35(2)13-12-31-28(36)24-15-23(22-8-10-30-11-9-22)16-25(17-24)34-29(37)27(14-21-6-4-3-5-7-21)32-18-26-19-38-20-33-26/h3-11,15-17,19-20,27,32H,12-14,18H2,1-2H3,(H,31,36)(H,34,37)/t27-/m0/s1. The van der Waals surface area contributed by atoms with Crippen LogP contribution in [0.1, 0.15) is 21.6 Å². The lowest BCUT2D eigenvalue weighted by Gasteiger charge is -2.19. The summed E-state index contributed by atoms with van der Waals surface area (Å²) in [5, 5.41) is 11.3. The van der Waals surface area contributed by atoms with Gasteiger partial charge < -0.3 is 15.5 Å². The lowest BCUT2D eigenvalue weighted by atomic mass is 10.0. The largest absolute Gasteiger partial charge is 0.351 e. The van der Waals surface area contributed by atoms with Gasteiger partial charge >= 0.3 is 0 Å². The van der Waals surface area contributed by atoms with Crippen molar-refractivity contribution in [2.24, 2.45) is 0 Å². The molecule has 4 rings (SSSR count). The maximum atomic E-state index is 13.5. The van der Waals surface area contributed by atoms with E-state index in [1.807, 2.05) is 79.0 Å². The Morgan fingerprint density at radius 1 is 1.00 bits per heavy atom. The Kier molecular flexibility index (Phi) is 9.69. The van der Waals surface area contributed by atoms with Crippen molar-refractivity contribution >= 4 is 28.8 Å². The number of thiazole rings is 1. The molecule has 2 amide bonds. The summed E-state index contributed by atoms with van der Waals surface area (Å²) >= 11 is 1.52. The van der Waals surface area contributed by atoms with Gasteiger partial charge in [0, 0.05) is 48.7 Å². The van der Waals surface area contributed by atoms with Crippen LogP contribution in [0.2, 0.25) is 0 Å². The molecule has 3 N–H and O–H groups in total. The Hall–Kier alpha value is -3.92. The zero-order valence-corrected chi connectivity index (χ0v) is 22.4. The Balaban J connectivity index is 1.57. The topological polar surface area (TPSA) is 99.2 Å². The van der Waals surface area contributed by atoms with Crippen LogP contribution in [-0.4, -0.2) is 59.9 Å². The third-order valence-corrected chi connectivity index (χ3v) is 6.57. The highest BCUT2D eigenvalue weighted by Crippen LogP contribution is 2.25. The molecule has 196 valence electrons. The number of likely N-dealkylation sites (N-methyl/N-ethyl adjacent to an activating group) is 1. The number of aromatic nitrogens is 2. The van der Waals surface area contributed by atoms with E-state index in [0.717, 1.165) is 28.9 Å². The fourth-order valence-electron chi connectivity index (χ4n) is 3.93. The number of carbonyl (C=O) groups is 2. The molecule has 9 heteroatoms. The van der Waals surface area contributed by atoms with E-state index in [4.69, 9.17) is 0 Å². The first kappa shape index (κ1) is 27.1. The van der Waals surface area contributed by atoms with Crippen LogP contribution in [0.4, 0.5) is 5.69 Å². The molecular formula is C29H32N6O2S. The third kappa shape index (κ3) is 8.04. The Bertz CT molecular complexity index is 1310. The molecule has 0 aliphatic carbocycles. The van der Waals surface area contributed by atoms with Gasteiger partial charge in [-0.05, 0) is 67.5 Å². The van der Waals surface area contributed by atoms with Crippen LogP contribution in [-0.2, 0) is 17.8 Å². The van der Waals surface area contributed by atoms with Crippen molar-refractivity contribution in [3.63, 3.8) is 0 Å². The minimum atomic E-state index is -0.499. The summed E-state index contributed by atoms with van der Waals surface area (Å²) < 4.78 is 0. The van der Waals surface area contributed by atoms with Crippen molar-refractivity contribution < 1.29 is 9.59 Å². The molecule has 0 unspecified atom stereocenters. The van der Waals surface area contributed by atoms with Crippen LogP contribution in [0.15, 0.2) is 83.9 Å². The van der Waals surface area contributed by atoms with E-state index >= 15 is 0 Å². The van der Waals surface area contributed by atoms with E-state index in [1.54, 1.807) is 24.0 Å². The van der Waals surface area contributed by atoms with Crippen molar-refractivity contribution in [1.82, 2.24) is 25.5 Å². The summed E-state index contributed by atoms with van der Waals surface area (Å²) in [6.45, 7) is 1.73. The quantitative estimate of drug-likeness (QED) is 0.259. The highest BCUT2D eigenvalue weighted by atomic mass is 32.1. The predicted octanol–water partition coefficient (Wildman–Crippen LogP) is 3.84. The van der Waals surface area contributed by atoms with E-state index in [1.165, 1.54) is 11.3 Å². The lowest BCUT2D eigenvalue weighted by molar-refractivity contribution is -0.118. The fourth-order valence-corrected chi connectivity index (χ4v) is 4.48. The number of rotatable bonds is 12. The number of nitrogens with one attached hydrogen (secondary N) is 3. The highest BCUT2D eigenvalue weighted by molar-refractivity contribution is 7.07. The molecule has 0 radical (unpaired) electrons. The van der Waals surface area contributed by atoms with Gasteiger partial charge in [-0.25, -0.2) is 4.98 Å². The van der Waals surface area contributed by atoms with Gasteiger partial charge in [-0.2, -0.15) is 0 Å². The maximum Gasteiger partial charge on any atom is 0.251 e. The van der Waals surface area contributed by atoms with Crippen LogP contribution in [0.25, 0.3) is 11.1 Å². The summed E-state index contributed by atoms with van der Waals surface area (Å²) in [6, 6.07) is 18.6. The summed E-state index contributed by atoms with van der Waals surface area (Å²) in [7, 11) is 3.91. The first-order valence-electron chi connectivity index (χ1n) is 12.4. The molecule has 0 bridgehead atoms. The van der Waals surface area contributed by atoms with Crippen molar-refractivity contribution in [3.8, 4) is 11.1 Å². The maximum absolute atomic E-state index is 13.5. The average molecular weight is 529 g/mol. The van der Waals surface area contributed by atoms with Crippen LogP contribution < -0.4 is 16.0 Å². The van der Waals surface area contributed by atoms with Crippen LogP contribution in [0, 0.1) is 0 Å². The molecule has 0 saturated carbocycles. The number of amides is 2. The second-order valence-corrected chi connectivity index (χ2v) is 9.91. The number of hydrogen-bond donors (Lipinski definition) is 3. The SMILES string of the molecule is CN(C)CCNC(=O)c1cc(NC(=O)[C@H](Cc2ccccc2)NCc2cscn2)cc(-c2ccncc2)c1. The fraction of sp³-hybridized carbons (Fsp3) is 0.241. The highest BCUT2D eigenvalue weighted by Gasteiger charge is 2.20. The van der Waals surface area contributed by atoms with Crippen LogP contribution >= 0.6 is 11.3 Å². The Morgan fingerprint density at radius 3 is 2.50 bits per heavy atom. The normalized spacial score (nSPS) is 11.8. The molecule has 2 aromatic heterocycles. The minimum Gasteiger partial charge on any atom is -0.351 e. The molecule has 4 aromatic rings.